The van der Waals surface area contributed by atoms with Crippen molar-refractivity contribution >= 4 is 11.9 Å². The van der Waals surface area contributed by atoms with Crippen LogP contribution in [0.15, 0.2) is 35.5 Å². The summed E-state index contributed by atoms with van der Waals surface area (Å²) in [6.07, 6.45) is 1.76. The van der Waals surface area contributed by atoms with Gasteiger partial charge < -0.3 is 24.4 Å². The van der Waals surface area contributed by atoms with Gasteiger partial charge in [0.2, 0.25) is 5.60 Å². The molecule has 0 bridgehead atoms. The van der Waals surface area contributed by atoms with Crippen LogP contribution in [0, 0.1) is 5.92 Å². The molecule has 0 saturated carbocycles. The van der Waals surface area contributed by atoms with Crippen molar-refractivity contribution in [2.24, 2.45) is 5.92 Å². The van der Waals surface area contributed by atoms with Crippen LogP contribution in [0.5, 0.6) is 0 Å². The second-order valence-corrected chi connectivity index (χ2v) is 7.67. The van der Waals surface area contributed by atoms with Crippen LogP contribution < -0.4 is 0 Å². The van der Waals surface area contributed by atoms with Crippen molar-refractivity contribution < 1.29 is 34.0 Å². The average molecular weight is 378 g/mol. The number of aliphatic hydroxyl groups excluding tert-OH is 2. The highest BCUT2D eigenvalue weighted by Crippen LogP contribution is 2.40. The van der Waals surface area contributed by atoms with Crippen LogP contribution in [0.2, 0.25) is 0 Å². The van der Waals surface area contributed by atoms with E-state index in [9.17, 15) is 19.8 Å². The zero-order chi connectivity index (χ0) is 19.9. The Balaban J connectivity index is 1.93. The van der Waals surface area contributed by atoms with Crippen molar-refractivity contribution in [3.8, 4) is 0 Å². The molecule has 2 heterocycles. The lowest BCUT2D eigenvalue weighted by molar-refractivity contribution is -0.160. The molecule has 7 heteroatoms. The van der Waals surface area contributed by atoms with Gasteiger partial charge in [0.25, 0.3) is 0 Å². The molecule has 3 rings (SSSR count). The van der Waals surface area contributed by atoms with Gasteiger partial charge in [-0.15, -0.1) is 0 Å². The fourth-order valence-corrected chi connectivity index (χ4v) is 3.84. The number of epoxide rings is 1. The van der Waals surface area contributed by atoms with Gasteiger partial charge in [-0.1, -0.05) is 23.8 Å². The summed E-state index contributed by atoms with van der Waals surface area (Å²) in [5, 5.41) is 19.7. The van der Waals surface area contributed by atoms with Crippen LogP contribution in [0.1, 0.15) is 33.6 Å². The number of rotatable bonds is 3. The molecule has 0 aromatic carbocycles. The predicted octanol–water partition coefficient (Wildman–Crippen LogP) is 1.19. The number of carbonyl (C=O) groups excluding carboxylic acids is 2. The minimum atomic E-state index is -1.35. The first-order valence-corrected chi connectivity index (χ1v) is 9.10. The molecule has 2 saturated heterocycles. The van der Waals surface area contributed by atoms with Gasteiger partial charge in [0.15, 0.2) is 0 Å². The summed E-state index contributed by atoms with van der Waals surface area (Å²) in [4.78, 5) is 24.8. The first-order valence-electron chi connectivity index (χ1n) is 9.10. The summed E-state index contributed by atoms with van der Waals surface area (Å²) in [5.41, 5.74) is 0.586. The molecule has 148 valence electrons. The van der Waals surface area contributed by atoms with E-state index in [0.717, 1.165) is 11.1 Å². The molecule has 7 nitrogen and oxygen atoms in total. The average Bonchev–Trinajstić information content (AvgIpc) is 3.16. The fourth-order valence-electron chi connectivity index (χ4n) is 3.84. The maximum atomic E-state index is 12.7. The first kappa shape index (κ1) is 19.8. The first-order chi connectivity index (χ1) is 12.7. The SMILES string of the molecule is C=C1C(=O)O[C@@H]2/C=C(\C)C[C@H](O)C=C(C)C[C@@H](OC(=O)[C@]3(CO)O[C@@H]3C)C12. The van der Waals surface area contributed by atoms with Gasteiger partial charge in [-0.2, -0.15) is 0 Å². The molecule has 0 aromatic heterocycles. The maximum absolute atomic E-state index is 12.7. The molecule has 27 heavy (non-hydrogen) atoms. The molecule has 6 atom stereocenters. The van der Waals surface area contributed by atoms with Crippen molar-refractivity contribution in [3.05, 3.63) is 35.5 Å². The number of aliphatic hydroxyl groups is 2. The summed E-state index contributed by atoms with van der Waals surface area (Å²) in [6.45, 7) is 8.72. The highest BCUT2D eigenvalue weighted by molar-refractivity contribution is 5.91. The minimum absolute atomic E-state index is 0.249. The molecule has 1 aliphatic carbocycles. The Morgan fingerprint density at radius 1 is 1.33 bits per heavy atom. The molecule has 2 aliphatic heterocycles. The van der Waals surface area contributed by atoms with E-state index in [1.165, 1.54) is 0 Å². The number of esters is 2. The van der Waals surface area contributed by atoms with Gasteiger partial charge in [-0.25, -0.2) is 9.59 Å². The monoisotopic (exact) mass is 378 g/mol. The van der Waals surface area contributed by atoms with Gasteiger partial charge in [0, 0.05) is 12.0 Å². The molecule has 2 N–H and O–H groups in total. The van der Waals surface area contributed by atoms with E-state index >= 15 is 0 Å². The van der Waals surface area contributed by atoms with E-state index in [1.54, 1.807) is 19.1 Å². The molecule has 2 fully saturated rings. The Morgan fingerprint density at radius 2 is 1.96 bits per heavy atom. The van der Waals surface area contributed by atoms with Crippen molar-refractivity contribution in [1.82, 2.24) is 0 Å². The molecule has 0 spiro atoms. The quantitative estimate of drug-likeness (QED) is 0.329. The van der Waals surface area contributed by atoms with Crippen LogP contribution in [0.25, 0.3) is 0 Å². The van der Waals surface area contributed by atoms with Crippen LogP contribution in [0.3, 0.4) is 0 Å². The zero-order valence-electron chi connectivity index (χ0n) is 15.8. The van der Waals surface area contributed by atoms with E-state index in [1.807, 2.05) is 13.8 Å². The van der Waals surface area contributed by atoms with Gasteiger partial charge in [-0.05, 0) is 33.3 Å². The van der Waals surface area contributed by atoms with Gasteiger partial charge in [0.1, 0.15) is 12.2 Å². The molecular weight excluding hydrogens is 352 g/mol. The van der Waals surface area contributed by atoms with E-state index in [0.29, 0.717) is 12.8 Å². The van der Waals surface area contributed by atoms with E-state index in [-0.39, 0.29) is 5.57 Å². The van der Waals surface area contributed by atoms with Crippen molar-refractivity contribution in [2.75, 3.05) is 6.61 Å². The molecule has 0 radical (unpaired) electrons. The number of hydrogen-bond acceptors (Lipinski definition) is 7. The van der Waals surface area contributed by atoms with E-state index in [4.69, 9.17) is 14.2 Å². The van der Waals surface area contributed by atoms with Crippen LogP contribution >= 0.6 is 0 Å². The lowest BCUT2D eigenvalue weighted by Gasteiger charge is -2.28. The number of fused-ring (bicyclic) bond motifs is 1. The minimum Gasteiger partial charge on any atom is -0.459 e. The fraction of sp³-hybridized carbons (Fsp3) is 0.600. The van der Waals surface area contributed by atoms with Gasteiger partial charge in [-0.3, -0.25) is 0 Å². The van der Waals surface area contributed by atoms with Crippen LogP contribution in [0.4, 0.5) is 0 Å². The van der Waals surface area contributed by atoms with Crippen molar-refractivity contribution in [3.63, 3.8) is 0 Å². The zero-order valence-corrected chi connectivity index (χ0v) is 15.8. The van der Waals surface area contributed by atoms with E-state index < -0.39 is 54.5 Å². The summed E-state index contributed by atoms with van der Waals surface area (Å²) >= 11 is 0. The second-order valence-electron chi connectivity index (χ2n) is 7.67. The van der Waals surface area contributed by atoms with Crippen molar-refractivity contribution in [1.29, 1.82) is 0 Å². The standard InChI is InChI=1S/C20H26O7/c1-10-5-14(22)6-11(2)8-16(17-12(3)18(23)25-15(17)7-10)26-19(24)20(9-21)13(4)27-20/h6-7,13-17,21-22H,3,5,8-9H2,1-2,4H3/b10-7+,11-6?/t13-,14+,15-,16-,17?,20-/m1/s1. The summed E-state index contributed by atoms with van der Waals surface area (Å²) in [7, 11) is 0. The lowest BCUT2D eigenvalue weighted by atomic mass is 9.85. The third-order valence-electron chi connectivity index (χ3n) is 5.47. The summed E-state index contributed by atoms with van der Waals surface area (Å²) < 4.78 is 16.4. The Morgan fingerprint density at radius 3 is 2.56 bits per heavy atom. The molecule has 0 amide bonds. The third kappa shape index (κ3) is 3.72. The molecule has 1 unspecified atom stereocenters. The van der Waals surface area contributed by atoms with Gasteiger partial charge >= 0.3 is 11.9 Å². The van der Waals surface area contributed by atoms with Crippen molar-refractivity contribution in [2.45, 2.75) is 63.6 Å². The van der Waals surface area contributed by atoms with Gasteiger partial charge in [0.05, 0.1) is 24.7 Å². The predicted molar refractivity (Wildman–Crippen MR) is 95.5 cm³/mol. The number of carbonyl (C=O) groups is 2. The van der Waals surface area contributed by atoms with Crippen LogP contribution in [-0.2, 0) is 23.8 Å². The normalized spacial score (nSPS) is 41.0. The smallest absolute Gasteiger partial charge is 0.343 e. The Bertz CT molecular complexity index is 718. The second kappa shape index (κ2) is 7.22. The summed E-state index contributed by atoms with van der Waals surface area (Å²) in [5.74, 6) is -1.73. The third-order valence-corrected chi connectivity index (χ3v) is 5.47. The number of ether oxygens (including phenoxy) is 3. The Kier molecular flexibility index (Phi) is 5.29. The molecule has 3 aliphatic rings. The topological polar surface area (TPSA) is 106 Å². The highest BCUT2D eigenvalue weighted by Gasteiger charge is 2.62. The number of hydrogen-bond donors (Lipinski definition) is 2. The maximum Gasteiger partial charge on any atom is 0.343 e. The van der Waals surface area contributed by atoms with E-state index in [2.05, 4.69) is 6.58 Å². The summed E-state index contributed by atoms with van der Waals surface area (Å²) in [6, 6.07) is 0. The molecule has 0 aromatic rings. The Labute approximate surface area is 158 Å². The Hall–Kier alpha value is -1.96. The molecular formula is C20H26O7. The van der Waals surface area contributed by atoms with Crippen LogP contribution in [-0.4, -0.2) is 58.8 Å². The highest BCUT2D eigenvalue weighted by atomic mass is 16.7. The lowest BCUT2D eigenvalue weighted by Crippen LogP contribution is -2.40. The largest absolute Gasteiger partial charge is 0.459 e.